The third-order valence-electron chi connectivity index (χ3n) is 4.22. The van der Waals surface area contributed by atoms with Gasteiger partial charge in [0.15, 0.2) is 0 Å². The summed E-state index contributed by atoms with van der Waals surface area (Å²) < 4.78 is 50.3. The number of likely N-dealkylation sites (tertiary alicyclic amines) is 1. The van der Waals surface area contributed by atoms with Crippen LogP contribution in [0.1, 0.15) is 28.8 Å². The summed E-state index contributed by atoms with van der Waals surface area (Å²) in [6.45, 7) is 0.540. The number of amides is 1. The Morgan fingerprint density at radius 1 is 1.22 bits per heavy atom. The molecule has 1 aliphatic rings. The molecule has 1 aromatic heterocycles. The molecular weight excluding hydrogens is 363 g/mol. The minimum absolute atomic E-state index is 0.171. The van der Waals surface area contributed by atoms with Gasteiger partial charge >= 0.3 is 6.18 Å². The number of nitrogens with zero attached hydrogens (tertiary/aromatic N) is 3. The second-order valence-electron chi connectivity index (χ2n) is 6.08. The Morgan fingerprint density at radius 3 is 2.70 bits per heavy atom. The van der Waals surface area contributed by atoms with Gasteiger partial charge in [-0.3, -0.25) is 9.78 Å². The molecule has 6 nitrogen and oxygen atoms in total. The Bertz CT molecular complexity index is 814. The van der Waals surface area contributed by atoms with Crippen LogP contribution in [0.15, 0.2) is 36.7 Å². The smallest absolute Gasteiger partial charge is 0.417 e. The molecule has 3 rings (SSSR count). The quantitative estimate of drug-likeness (QED) is 0.814. The van der Waals surface area contributed by atoms with E-state index in [1.807, 2.05) is 0 Å². The van der Waals surface area contributed by atoms with Crippen LogP contribution in [-0.4, -0.2) is 47.1 Å². The summed E-state index contributed by atoms with van der Waals surface area (Å²) in [7, 11) is 1.45. The fourth-order valence-corrected chi connectivity index (χ4v) is 2.96. The lowest BCUT2D eigenvalue weighted by atomic mass is 10.0. The first kappa shape index (κ1) is 18.9. The molecule has 1 fully saturated rings. The number of halogens is 3. The van der Waals surface area contributed by atoms with Gasteiger partial charge in [-0.25, -0.2) is 0 Å². The Morgan fingerprint density at radius 2 is 1.96 bits per heavy atom. The highest BCUT2D eigenvalue weighted by molar-refractivity contribution is 5.96. The molecule has 0 radical (unpaired) electrons. The Labute approximate surface area is 153 Å². The molecule has 1 atom stereocenters. The van der Waals surface area contributed by atoms with Gasteiger partial charge in [0.1, 0.15) is 6.10 Å². The van der Waals surface area contributed by atoms with Crippen LogP contribution in [-0.2, 0) is 6.18 Å². The van der Waals surface area contributed by atoms with E-state index < -0.39 is 17.6 Å². The van der Waals surface area contributed by atoms with Crippen LogP contribution in [0.5, 0.6) is 11.8 Å². The number of benzene rings is 1. The molecule has 0 saturated carbocycles. The van der Waals surface area contributed by atoms with Crippen molar-refractivity contribution in [2.75, 3.05) is 20.2 Å². The molecule has 0 aliphatic carbocycles. The molecule has 2 aromatic rings. The van der Waals surface area contributed by atoms with Gasteiger partial charge in [-0.2, -0.15) is 18.2 Å². The highest BCUT2D eigenvalue weighted by atomic mass is 19.4. The first-order valence-electron chi connectivity index (χ1n) is 8.36. The number of hydrogen-bond donors (Lipinski definition) is 0. The van der Waals surface area contributed by atoms with Crippen molar-refractivity contribution in [3.05, 3.63) is 47.8 Å². The highest BCUT2D eigenvalue weighted by Gasteiger charge is 2.36. The first-order chi connectivity index (χ1) is 12.9. The first-order valence-corrected chi connectivity index (χ1v) is 8.36. The van der Waals surface area contributed by atoms with Gasteiger partial charge in [-0.05, 0) is 25.0 Å². The van der Waals surface area contributed by atoms with E-state index in [0.717, 1.165) is 6.07 Å². The van der Waals surface area contributed by atoms with Crippen LogP contribution >= 0.6 is 0 Å². The second-order valence-corrected chi connectivity index (χ2v) is 6.08. The zero-order chi connectivity index (χ0) is 19.4. The molecule has 1 aromatic carbocycles. The summed E-state index contributed by atoms with van der Waals surface area (Å²) in [6.07, 6.45) is -0.860. The summed E-state index contributed by atoms with van der Waals surface area (Å²) >= 11 is 0. The SMILES string of the molecule is COc1cncc(OC2CCCN(C(=O)c3ccccc3C(F)(F)F)C2)n1. The maximum absolute atomic E-state index is 13.2. The van der Waals surface area contributed by atoms with Crippen LogP contribution in [0.3, 0.4) is 0 Å². The summed E-state index contributed by atoms with van der Waals surface area (Å²) in [5, 5.41) is 0. The molecule has 1 unspecified atom stereocenters. The molecule has 1 saturated heterocycles. The number of piperidine rings is 1. The lowest BCUT2D eigenvalue weighted by molar-refractivity contribution is -0.138. The zero-order valence-electron chi connectivity index (χ0n) is 14.6. The largest absolute Gasteiger partial charge is 0.480 e. The van der Waals surface area contributed by atoms with Crippen LogP contribution in [0.25, 0.3) is 0 Å². The fraction of sp³-hybridized carbons (Fsp3) is 0.389. The number of rotatable bonds is 4. The molecule has 2 heterocycles. The molecular formula is C18H18F3N3O3. The number of aromatic nitrogens is 2. The molecule has 1 aliphatic heterocycles. The van der Waals surface area contributed by atoms with Crippen molar-refractivity contribution in [1.29, 1.82) is 0 Å². The third-order valence-corrected chi connectivity index (χ3v) is 4.22. The van der Waals surface area contributed by atoms with Crippen molar-refractivity contribution in [2.45, 2.75) is 25.1 Å². The number of ether oxygens (including phenoxy) is 2. The van der Waals surface area contributed by atoms with Crippen molar-refractivity contribution in [3.63, 3.8) is 0 Å². The summed E-state index contributed by atoms with van der Waals surface area (Å²) in [6, 6.07) is 4.80. The van der Waals surface area contributed by atoms with Crippen molar-refractivity contribution in [1.82, 2.24) is 14.9 Å². The van der Waals surface area contributed by atoms with Crippen molar-refractivity contribution in [3.8, 4) is 11.8 Å². The van der Waals surface area contributed by atoms with E-state index in [0.29, 0.717) is 19.4 Å². The van der Waals surface area contributed by atoms with E-state index in [-0.39, 0.29) is 30.0 Å². The lowest BCUT2D eigenvalue weighted by Crippen LogP contribution is -2.45. The van der Waals surface area contributed by atoms with Crippen molar-refractivity contribution < 1.29 is 27.4 Å². The predicted molar refractivity (Wildman–Crippen MR) is 89.6 cm³/mol. The maximum Gasteiger partial charge on any atom is 0.417 e. The molecule has 27 heavy (non-hydrogen) atoms. The average Bonchev–Trinajstić information content (AvgIpc) is 2.67. The van der Waals surface area contributed by atoms with E-state index in [9.17, 15) is 18.0 Å². The van der Waals surface area contributed by atoms with Gasteiger partial charge in [-0.15, -0.1) is 0 Å². The van der Waals surface area contributed by atoms with Crippen LogP contribution in [0.4, 0.5) is 13.2 Å². The summed E-state index contributed by atoms with van der Waals surface area (Å²) in [5.41, 5.74) is -1.29. The second kappa shape index (κ2) is 7.81. The topological polar surface area (TPSA) is 64.6 Å². The Hall–Kier alpha value is -2.84. The number of hydrogen-bond acceptors (Lipinski definition) is 5. The molecule has 1 amide bonds. The minimum Gasteiger partial charge on any atom is -0.480 e. The van der Waals surface area contributed by atoms with Gasteiger partial charge in [0, 0.05) is 6.54 Å². The zero-order valence-corrected chi connectivity index (χ0v) is 14.6. The fourth-order valence-electron chi connectivity index (χ4n) is 2.96. The number of carbonyl (C=O) groups is 1. The van der Waals surface area contributed by atoms with E-state index >= 15 is 0 Å². The van der Waals surface area contributed by atoms with E-state index in [2.05, 4.69) is 9.97 Å². The maximum atomic E-state index is 13.2. The van der Waals surface area contributed by atoms with Gasteiger partial charge in [0.2, 0.25) is 11.8 Å². The number of methoxy groups -OCH3 is 1. The van der Waals surface area contributed by atoms with Gasteiger partial charge in [0.05, 0.1) is 37.2 Å². The van der Waals surface area contributed by atoms with E-state index in [1.54, 1.807) is 0 Å². The van der Waals surface area contributed by atoms with Crippen LogP contribution < -0.4 is 9.47 Å². The van der Waals surface area contributed by atoms with Crippen LogP contribution in [0, 0.1) is 0 Å². The highest BCUT2D eigenvalue weighted by Crippen LogP contribution is 2.32. The molecule has 144 valence electrons. The summed E-state index contributed by atoms with van der Waals surface area (Å²) in [4.78, 5) is 22.1. The predicted octanol–water partition coefficient (Wildman–Crippen LogP) is 3.19. The van der Waals surface area contributed by atoms with Crippen molar-refractivity contribution in [2.24, 2.45) is 0 Å². The monoisotopic (exact) mass is 381 g/mol. The number of alkyl halides is 3. The van der Waals surface area contributed by atoms with Gasteiger partial charge < -0.3 is 14.4 Å². The van der Waals surface area contributed by atoms with Gasteiger partial charge in [-0.1, -0.05) is 12.1 Å². The minimum atomic E-state index is -4.59. The average molecular weight is 381 g/mol. The van der Waals surface area contributed by atoms with Gasteiger partial charge in [0.25, 0.3) is 5.91 Å². The molecule has 0 N–H and O–H groups in total. The van der Waals surface area contributed by atoms with Crippen molar-refractivity contribution >= 4 is 5.91 Å². The van der Waals surface area contributed by atoms with Crippen LogP contribution in [0.2, 0.25) is 0 Å². The number of carbonyl (C=O) groups excluding carboxylic acids is 1. The molecule has 0 spiro atoms. The Kier molecular flexibility index (Phi) is 5.48. The Balaban J connectivity index is 1.74. The van der Waals surface area contributed by atoms with E-state index in [1.165, 1.54) is 42.6 Å². The molecule has 0 bridgehead atoms. The van der Waals surface area contributed by atoms with E-state index in [4.69, 9.17) is 9.47 Å². The third kappa shape index (κ3) is 4.47. The lowest BCUT2D eigenvalue weighted by Gasteiger charge is -2.33. The summed E-state index contributed by atoms with van der Waals surface area (Å²) in [5.74, 6) is -0.132. The standard InChI is InChI=1S/C18H18F3N3O3/c1-26-15-9-22-10-16(23-15)27-12-5-4-8-24(11-12)17(25)13-6-2-3-7-14(13)18(19,20)21/h2-3,6-7,9-10,12H,4-5,8,11H2,1H3. The normalized spacial score (nSPS) is 17.5. The molecule has 9 heteroatoms.